The maximum atomic E-state index is 11.7. The number of hydrogen-bond acceptors (Lipinski definition) is 4. The minimum Gasteiger partial charge on any atom is -0.497 e. The van der Waals surface area contributed by atoms with Crippen molar-refractivity contribution in [2.45, 2.75) is 18.8 Å². The molecule has 2 aromatic carbocycles. The Morgan fingerprint density at radius 3 is 2.81 bits per heavy atom. The number of aromatic nitrogens is 2. The molecule has 0 aliphatic carbocycles. The van der Waals surface area contributed by atoms with E-state index in [0.29, 0.717) is 34.6 Å². The van der Waals surface area contributed by atoms with Crippen molar-refractivity contribution >= 4 is 29.2 Å². The number of halogens is 2. The second-order valence-corrected chi connectivity index (χ2v) is 7.25. The van der Waals surface area contributed by atoms with Crippen molar-refractivity contribution in [1.29, 1.82) is 0 Å². The Labute approximate surface area is 167 Å². The molecule has 0 fully saturated rings. The Balaban J connectivity index is 1.79. The molecular formula is C20H18Cl2N3O2+. The molecule has 0 radical (unpaired) electrons. The summed E-state index contributed by atoms with van der Waals surface area (Å²) in [5.74, 6) is 1.44. The number of rotatable bonds is 4. The van der Waals surface area contributed by atoms with Crippen molar-refractivity contribution in [3.8, 4) is 5.75 Å². The van der Waals surface area contributed by atoms with Crippen LogP contribution in [0.25, 0.3) is 0 Å². The van der Waals surface area contributed by atoms with Crippen molar-refractivity contribution in [3.05, 3.63) is 82.1 Å². The zero-order valence-electron chi connectivity index (χ0n) is 14.6. The third-order valence-electron chi connectivity index (χ3n) is 4.73. The monoisotopic (exact) mass is 402 g/mol. The minimum atomic E-state index is -1.31. The lowest BCUT2D eigenvalue weighted by molar-refractivity contribution is -0.685. The van der Waals surface area contributed by atoms with Crippen LogP contribution in [0.3, 0.4) is 0 Å². The van der Waals surface area contributed by atoms with Gasteiger partial charge in [0.1, 0.15) is 18.5 Å². The Morgan fingerprint density at radius 2 is 2.04 bits per heavy atom. The molecule has 138 valence electrons. The summed E-state index contributed by atoms with van der Waals surface area (Å²) >= 11 is 12.3. The first-order valence-electron chi connectivity index (χ1n) is 8.44. The Bertz CT molecular complexity index is 998. The van der Waals surface area contributed by atoms with E-state index in [0.717, 1.165) is 11.3 Å². The summed E-state index contributed by atoms with van der Waals surface area (Å²) in [4.78, 5) is 6.34. The molecule has 1 aliphatic heterocycles. The number of fused-ring (bicyclic) bond motifs is 1. The van der Waals surface area contributed by atoms with E-state index in [1.54, 1.807) is 31.5 Å². The predicted octanol–water partition coefficient (Wildman–Crippen LogP) is 3.55. The van der Waals surface area contributed by atoms with Crippen LogP contribution in [0.5, 0.6) is 5.75 Å². The lowest BCUT2D eigenvalue weighted by Gasteiger charge is -2.28. The third kappa shape index (κ3) is 3.23. The number of aliphatic hydroxyl groups is 1. The number of nitrogens with zero attached hydrogens (tertiary/aromatic N) is 3. The van der Waals surface area contributed by atoms with Gasteiger partial charge in [0.15, 0.2) is 0 Å². The van der Waals surface area contributed by atoms with Gasteiger partial charge < -0.3 is 9.84 Å². The second-order valence-electron chi connectivity index (χ2n) is 6.43. The molecule has 1 aromatic heterocycles. The van der Waals surface area contributed by atoms with Crippen molar-refractivity contribution in [2.75, 3.05) is 12.0 Å². The van der Waals surface area contributed by atoms with E-state index in [9.17, 15) is 5.11 Å². The highest BCUT2D eigenvalue weighted by Gasteiger charge is 2.51. The highest BCUT2D eigenvalue weighted by atomic mass is 35.5. The molecule has 0 saturated heterocycles. The fraction of sp³-hybridized carbons (Fsp3) is 0.200. The first-order chi connectivity index (χ1) is 13.0. The summed E-state index contributed by atoms with van der Waals surface area (Å²) in [7, 11) is 1.63. The summed E-state index contributed by atoms with van der Waals surface area (Å²) in [5.41, 5.74) is 0.343. The topological polar surface area (TPSA) is 49.5 Å². The molecule has 0 spiro atoms. The van der Waals surface area contributed by atoms with Gasteiger partial charge in [-0.2, -0.15) is 0 Å². The summed E-state index contributed by atoms with van der Waals surface area (Å²) in [6.45, 7) is 0.781. The molecule has 1 N–H and O–H groups in total. The van der Waals surface area contributed by atoms with Crippen molar-refractivity contribution < 1.29 is 14.4 Å². The molecule has 0 unspecified atom stereocenters. The molecule has 1 aliphatic rings. The third-order valence-corrected chi connectivity index (χ3v) is 5.47. The van der Waals surface area contributed by atoms with Gasteiger partial charge in [-0.25, -0.2) is 9.47 Å². The number of hydrogen-bond donors (Lipinski definition) is 1. The summed E-state index contributed by atoms with van der Waals surface area (Å²) < 4.78 is 7.24. The molecule has 4 rings (SSSR count). The molecule has 0 amide bonds. The van der Waals surface area contributed by atoms with Crippen LogP contribution >= 0.6 is 23.2 Å². The van der Waals surface area contributed by atoms with Gasteiger partial charge in [-0.05, 0) is 29.8 Å². The fourth-order valence-electron chi connectivity index (χ4n) is 3.38. The largest absolute Gasteiger partial charge is 0.497 e. The first kappa shape index (κ1) is 18.0. The predicted molar refractivity (Wildman–Crippen MR) is 104 cm³/mol. The summed E-state index contributed by atoms with van der Waals surface area (Å²) in [5, 5.41) is 12.5. The van der Waals surface area contributed by atoms with Gasteiger partial charge in [-0.3, -0.25) is 0 Å². The maximum absolute atomic E-state index is 11.7. The Hall–Kier alpha value is -2.34. The van der Waals surface area contributed by atoms with Gasteiger partial charge in [0.25, 0.3) is 0 Å². The molecule has 3 aromatic rings. The highest BCUT2D eigenvalue weighted by Crippen LogP contribution is 2.37. The van der Waals surface area contributed by atoms with Crippen LogP contribution in [0, 0.1) is 0 Å². The number of ether oxygens (including phenoxy) is 1. The minimum absolute atomic E-state index is 0.331. The van der Waals surface area contributed by atoms with Crippen molar-refractivity contribution in [3.63, 3.8) is 0 Å². The van der Waals surface area contributed by atoms with Crippen LogP contribution in [0.15, 0.2) is 60.9 Å². The zero-order valence-corrected chi connectivity index (χ0v) is 16.2. The lowest BCUT2D eigenvalue weighted by Crippen LogP contribution is -2.45. The summed E-state index contributed by atoms with van der Waals surface area (Å²) in [6.07, 6.45) is 3.61. The average molecular weight is 403 g/mol. The number of benzene rings is 2. The molecule has 7 heteroatoms. The van der Waals surface area contributed by atoms with Crippen LogP contribution in [0.4, 0.5) is 5.95 Å². The Morgan fingerprint density at radius 1 is 1.19 bits per heavy atom. The molecular weight excluding hydrogens is 385 g/mol. The molecule has 1 atom stereocenters. The van der Waals surface area contributed by atoms with Crippen LogP contribution in [0.1, 0.15) is 11.1 Å². The van der Waals surface area contributed by atoms with Crippen molar-refractivity contribution in [1.82, 2.24) is 4.98 Å². The molecule has 5 nitrogen and oxygen atoms in total. The standard InChI is InChI=1S/C20H18Cl2N3O2/c1-27-16-5-2-4-14(10-16)12-25-19-23-8-3-9-24(19)13-20(25,26)15-6-7-17(21)18(22)11-15/h2-11,26H,12-13H2,1H3/q+1/t20-/m1/s1. The van der Waals surface area contributed by atoms with Gasteiger partial charge in [-0.1, -0.05) is 46.4 Å². The van der Waals surface area contributed by atoms with Crippen LogP contribution in [0.2, 0.25) is 10.0 Å². The quantitative estimate of drug-likeness (QED) is 0.677. The van der Waals surface area contributed by atoms with E-state index in [1.165, 1.54) is 0 Å². The summed E-state index contributed by atoms with van der Waals surface area (Å²) in [6, 6.07) is 14.8. The van der Waals surface area contributed by atoms with E-state index in [4.69, 9.17) is 27.9 Å². The van der Waals surface area contributed by atoms with E-state index >= 15 is 0 Å². The van der Waals surface area contributed by atoms with Gasteiger partial charge in [0.2, 0.25) is 5.72 Å². The van der Waals surface area contributed by atoms with Crippen molar-refractivity contribution in [2.24, 2.45) is 0 Å². The van der Waals surface area contributed by atoms with Crippen LogP contribution in [-0.2, 0) is 18.8 Å². The van der Waals surface area contributed by atoms with E-state index in [1.807, 2.05) is 46.0 Å². The molecule has 2 heterocycles. The van der Waals surface area contributed by atoms with E-state index < -0.39 is 5.72 Å². The van der Waals surface area contributed by atoms with Gasteiger partial charge >= 0.3 is 5.95 Å². The van der Waals surface area contributed by atoms with Crippen LogP contribution < -0.4 is 14.2 Å². The zero-order chi connectivity index (χ0) is 19.0. The Kier molecular flexibility index (Phi) is 4.68. The smallest absolute Gasteiger partial charge is 0.397 e. The molecule has 0 bridgehead atoms. The maximum Gasteiger partial charge on any atom is 0.397 e. The van der Waals surface area contributed by atoms with Gasteiger partial charge in [-0.15, -0.1) is 0 Å². The molecule has 0 saturated carbocycles. The second kappa shape index (κ2) is 7.00. The van der Waals surface area contributed by atoms with Crippen LogP contribution in [-0.4, -0.2) is 17.2 Å². The van der Waals surface area contributed by atoms with Gasteiger partial charge in [0, 0.05) is 11.6 Å². The number of anilines is 1. The average Bonchev–Trinajstić information content (AvgIpc) is 2.97. The first-order valence-corrected chi connectivity index (χ1v) is 9.20. The van der Waals surface area contributed by atoms with Gasteiger partial charge in [0.05, 0.1) is 29.9 Å². The highest BCUT2D eigenvalue weighted by molar-refractivity contribution is 6.42. The number of methoxy groups -OCH3 is 1. The normalized spacial score (nSPS) is 18.4. The van der Waals surface area contributed by atoms with E-state index in [-0.39, 0.29) is 0 Å². The fourth-order valence-corrected chi connectivity index (χ4v) is 3.67. The molecule has 27 heavy (non-hydrogen) atoms. The SMILES string of the molecule is COc1cccc(CN2c3nccc[n+]3C[C@@]2(O)c2ccc(Cl)c(Cl)c2)c1. The lowest BCUT2D eigenvalue weighted by atomic mass is 10.0. The van der Waals surface area contributed by atoms with E-state index in [2.05, 4.69) is 4.98 Å².